The number of carbonyl (C=O) groups excluding carboxylic acids is 1. The summed E-state index contributed by atoms with van der Waals surface area (Å²) in [5, 5.41) is 9.67. The molecule has 0 saturated heterocycles. The molecule has 244 valence electrons. The summed E-state index contributed by atoms with van der Waals surface area (Å²) in [4.78, 5) is 17.2. The number of nitrogens with zero attached hydrogens (tertiary/aromatic N) is 3. The summed E-state index contributed by atoms with van der Waals surface area (Å²) >= 11 is 5.93. The molecule has 2 heterocycles. The number of aromatic nitrogens is 2. The Labute approximate surface area is 279 Å². The number of benzene rings is 4. The molecule has 0 bridgehead atoms. The van der Waals surface area contributed by atoms with E-state index in [-0.39, 0.29) is 51.7 Å². The monoisotopic (exact) mass is 671 g/mol. The average Bonchev–Trinajstić information content (AvgIpc) is 3.58. The summed E-state index contributed by atoms with van der Waals surface area (Å²) in [6, 6.07) is 18.7. The molecule has 1 aliphatic heterocycles. The van der Waals surface area contributed by atoms with Crippen LogP contribution in [0, 0.1) is 34.2 Å². The second-order valence-electron chi connectivity index (χ2n) is 12.4. The molecule has 1 aromatic heterocycles. The first-order valence-corrected chi connectivity index (χ1v) is 15.9. The molecule has 4 aromatic carbocycles. The lowest BCUT2D eigenvalue weighted by Gasteiger charge is -2.24. The Hall–Kier alpha value is -5.01. The van der Waals surface area contributed by atoms with E-state index >= 15 is 8.78 Å². The molecular formula is C37H29ClF3N3O4. The molecule has 5 aromatic rings. The van der Waals surface area contributed by atoms with Crippen molar-refractivity contribution in [3.63, 3.8) is 0 Å². The van der Waals surface area contributed by atoms with Gasteiger partial charge in [-0.15, -0.1) is 0 Å². The van der Waals surface area contributed by atoms with Crippen molar-refractivity contribution in [1.29, 1.82) is 5.26 Å². The highest BCUT2D eigenvalue weighted by Gasteiger charge is 2.44. The Morgan fingerprint density at radius 3 is 2.50 bits per heavy atom. The summed E-state index contributed by atoms with van der Waals surface area (Å²) < 4.78 is 65.9. The van der Waals surface area contributed by atoms with Crippen molar-refractivity contribution in [1.82, 2.24) is 9.55 Å². The number of halogens is 4. The number of nitriles is 1. The lowest BCUT2D eigenvalue weighted by molar-refractivity contribution is -0.0705. The van der Waals surface area contributed by atoms with Gasteiger partial charge in [-0.2, -0.15) is 5.26 Å². The van der Waals surface area contributed by atoms with Gasteiger partial charge >= 0.3 is 5.97 Å². The lowest BCUT2D eigenvalue weighted by atomic mass is 10.00. The van der Waals surface area contributed by atoms with Crippen LogP contribution in [0.1, 0.15) is 60.4 Å². The highest BCUT2D eigenvalue weighted by molar-refractivity contribution is 6.30. The first-order valence-electron chi connectivity index (χ1n) is 15.5. The van der Waals surface area contributed by atoms with Gasteiger partial charge < -0.3 is 18.8 Å². The van der Waals surface area contributed by atoms with Crippen LogP contribution in [0.3, 0.4) is 0 Å². The van der Waals surface area contributed by atoms with E-state index in [1.54, 1.807) is 50.2 Å². The van der Waals surface area contributed by atoms with Crippen LogP contribution in [-0.2, 0) is 23.5 Å². The largest absolute Gasteiger partial charge is 0.462 e. The lowest BCUT2D eigenvalue weighted by Crippen LogP contribution is -2.32. The molecule has 7 rings (SSSR count). The number of ether oxygens (including phenoxy) is 3. The summed E-state index contributed by atoms with van der Waals surface area (Å²) in [5.41, 5.74) is 1.73. The number of hydrogen-bond donors (Lipinski definition) is 0. The quantitative estimate of drug-likeness (QED) is 0.146. The Morgan fingerprint density at radius 2 is 1.81 bits per heavy atom. The van der Waals surface area contributed by atoms with Gasteiger partial charge in [0.25, 0.3) is 5.79 Å². The van der Waals surface area contributed by atoms with Gasteiger partial charge in [-0.3, -0.25) is 0 Å². The summed E-state index contributed by atoms with van der Waals surface area (Å²) in [5.74, 6) is -3.33. The molecule has 1 unspecified atom stereocenters. The third-order valence-electron chi connectivity index (χ3n) is 9.03. The first-order chi connectivity index (χ1) is 23.0. The van der Waals surface area contributed by atoms with Crippen LogP contribution in [0.4, 0.5) is 13.2 Å². The topological polar surface area (TPSA) is 86.4 Å². The molecule has 1 atom stereocenters. The number of imidazole rings is 1. The van der Waals surface area contributed by atoms with Crippen molar-refractivity contribution in [2.24, 2.45) is 5.41 Å². The summed E-state index contributed by atoms with van der Waals surface area (Å²) in [7, 11) is 0. The fourth-order valence-corrected chi connectivity index (χ4v) is 6.46. The predicted molar refractivity (Wildman–Crippen MR) is 172 cm³/mol. The minimum absolute atomic E-state index is 0.113. The molecule has 2 aliphatic rings. The van der Waals surface area contributed by atoms with Gasteiger partial charge in [-0.25, -0.2) is 22.9 Å². The van der Waals surface area contributed by atoms with Gasteiger partial charge in [0.05, 0.1) is 34.8 Å². The molecular weight excluding hydrogens is 643 g/mol. The highest BCUT2D eigenvalue weighted by atomic mass is 35.5. The van der Waals surface area contributed by atoms with E-state index in [4.69, 9.17) is 30.8 Å². The summed E-state index contributed by atoms with van der Waals surface area (Å²) in [6.07, 6.45) is 1.83. The van der Waals surface area contributed by atoms with Crippen LogP contribution in [0.25, 0.3) is 22.2 Å². The van der Waals surface area contributed by atoms with Gasteiger partial charge in [0.2, 0.25) is 0 Å². The summed E-state index contributed by atoms with van der Waals surface area (Å²) in [6.45, 7) is 3.90. The number of rotatable bonds is 9. The van der Waals surface area contributed by atoms with Crippen molar-refractivity contribution in [3.8, 4) is 28.7 Å². The molecule has 0 N–H and O–H groups in total. The van der Waals surface area contributed by atoms with E-state index in [1.807, 2.05) is 4.57 Å². The highest BCUT2D eigenvalue weighted by Crippen LogP contribution is 2.51. The smallest absolute Gasteiger partial charge is 0.338 e. The molecule has 48 heavy (non-hydrogen) atoms. The van der Waals surface area contributed by atoms with Crippen LogP contribution in [0.5, 0.6) is 11.5 Å². The SMILES string of the molecule is CCOC(=O)c1ccc2nc(Cc3c(F)cc(-c4cccc5c4OC(C)(c4ccc(Cl)cc4F)O5)cc3F)n(CC3(CC#N)CC3)c2c1. The standard InChI is InChI=1S/C37H29ClF3N3O4/c1-3-46-35(45)21-7-10-30-31(17-21)44(20-37(11-12-37)13-14-42)33(43-30)19-25-27(39)15-22(16-28(25)40)24-5-4-6-32-34(24)48-36(2,47-32)26-9-8-23(38)18-29(26)41/h4-10,15-18H,3,11-13,19-20H2,1-2H3. The third kappa shape index (κ3) is 5.62. The fourth-order valence-electron chi connectivity index (χ4n) is 6.30. The van der Waals surface area contributed by atoms with Crippen molar-refractivity contribution in [2.45, 2.75) is 51.9 Å². The maximum atomic E-state index is 15.9. The van der Waals surface area contributed by atoms with Crippen molar-refractivity contribution >= 4 is 28.6 Å². The zero-order valence-electron chi connectivity index (χ0n) is 26.1. The molecule has 1 fully saturated rings. The van der Waals surface area contributed by atoms with E-state index in [0.717, 1.165) is 18.9 Å². The molecule has 0 spiro atoms. The fraction of sp³-hybridized carbons (Fsp3) is 0.270. The second kappa shape index (κ2) is 11.9. The minimum atomic E-state index is -1.54. The average molecular weight is 672 g/mol. The molecule has 0 radical (unpaired) electrons. The van der Waals surface area contributed by atoms with Crippen molar-refractivity contribution < 1.29 is 32.2 Å². The number of fused-ring (bicyclic) bond motifs is 2. The van der Waals surface area contributed by atoms with Crippen LogP contribution in [0.15, 0.2) is 66.7 Å². The maximum Gasteiger partial charge on any atom is 0.338 e. The minimum Gasteiger partial charge on any atom is -0.462 e. The van der Waals surface area contributed by atoms with E-state index in [1.165, 1.54) is 24.3 Å². The van der Waals surface area contributed by atoms with Gasteiger partial charge in [0, 0.05) is 47.9 Å². The van der Waals surface area contributed by atoms with E-state index in [0.29, 0.717) is 41.0 Å². The van der Waals surface area contributed by atoms with Crippen LogP contribution in [0.2, 0.25) is 5.02 Å². The van der Waals surface area contributed by atoms with Gasteiger partial charge in [0.1, 0.15) is 23.3 Å². The van der Waals surface area contributed by atoms with E-state index in [9.17, 15) is 14.4 Å². The molecule has 0 amide bonds. The molecule has 11 heteroatoms. The molecule has 7 nitrogen and oxygen atoms in total. The van der Waals surface area contributed by atoms with Crippen molar-refractivity contribution in [3.05, 3.63) is 112 Å². The Balaban J connectivity index is 1.24. The zero-order chi connectivity index (χ0) is 33.8. The number of para-hydroxylation sites is 1. The van der Waals surface area contributed by atoms with Gasteiger partial charge in [-0.05, 0) is 79.9 Å². The van der Waals surface area contributed by atoms with Gasteiger partial charge in [0.15, 0.2) is 11.5 Å². The molecule has 1 aliphatic carbocycles. The normalized spacial score (nSPS) is 17.4. The number of carbonyl (C=O) groups is 1. The van der Waals surface area contributed by atoms with Crippen LogP contribution >= 0.6 is 11.6 Å². The van der Waals surface area contributed by atoms with Crippen molar-refractivity contribution in [2.75, 3.05) is 6.61 Å². The zero-order valence-corrected chi connectivity index (χ0v) is 26.8. The van der Waals surface area contributed by atoms with Gasteiger partial charge in [-0.1, -0.05) is 23.7 Å². The Kier molecular flexibility index (Phi) is 7.83. The van der Waals surface area contributed by atoms with Crippen LogP contribution < -0.4 is 9.47 Å². The Morgan fingerprint density at radius 1 is 1.04 bits per heavy atom. The number of hydrogen-bond acceptors (Lipinski definition) is 6. The second-order valence-corrected chi connectivity index (χ2v) is 12.8. The molecule has 1 saturated carbocycles. The van der Waals surface area contributed by atoms with E-state index < -0.39 is 29.2 Å². The Bertz CT molecular complexity index is 2130. The third-order valence-corrected chi connectivity index (χ3v) is 9.27. The van der Waals surface area contributed by atoms with E-state index in [2.05, 4.69) is 6.07 Å². The number of esters is 1. The first kappa shape index (κ1) is 31.6. The maximum absolute atomic E-state index is 15.9. The predicted octanol–water partition coefficient (Wildman–Crippen LogP) is 8.88. The van der Waals surface area contributed by atoms with Crippen LogP contribution in [-0.4, -0.2) is 22.1 Å².